The second-order valence-electron chi connectivity index (χ2n) is 6.70. The monoisotopic (exact) mass is 329 g/mol. The van der Waals surface area contributed by atoms with Gasteiger partial charge in [-0.2, -0.15) is 0 Å². The summed E-state index contributed by atoms with van der Waals surface area (Å²) in [7, 11) is 0. The molecule has 138 valence electrons. The van der Waals surface area contributed by atoms with Crippen molar-refractivity contribution in [3.05, 3.63) is 0 Å². The van der Waals surface area contributed by atoms with Gasteiger partial charge in [0.25, 0.3) is 0 Å². The summed E-state index contributed by atoms with van der Waals surface area (Å²) in [4.78, 5) is 10.5. The highest BCUT2D eigenvalue weighted by atomic mass is 16.4. The van der Waals surface area contributed by atoms with E-state index < -0.39 is 5.97 Å². The van der Waals surface area contributed by atoms with E-state index in [1.165, 1.54) is 51.4 Å². The topological polar surface area (TPSA) is 115 Å². The van der Waals surface area contributed by atoms with Gasteiger partial charge >= 0.3 is 5.97 Å². The molecule has 0 unspecified atom stereocenters. The van der Waals surface area contributed by atoms with Gasteiger partial charge in [-0.05, 0) is 64.1 Å². The van der Waals surface area contributed by atoms with E-state index in [1.807, 2.05) is 0 Å². The molecule has 1 aliphatic rings. The van der Waals surface area contributed by atoms with Crippen molar-refractivity contribution < 1.29 is 9.90 Å². The van der Waals surface area contributed by atoms with Crippen molar-refractivity contribution in [2.45, 2.75) is 77.0 Å². The van der Waals surface area contributed by atoms with Gasteiger partial charge in [-0.3, -0.25) is 4.79 Å². The van der Waals surface area contributed by atoms with Crippen LogP contribution in [0.3, 0.4) is 0 Å². The smallest absolute Gasteiger partial charge is 0.306 e. The molecule has 1 rings (SSSR count). The fourth-order valence-corrected chi connectivity index (χ4v) is 2.99. The quantitative estimate of drug-likeness (QED) is 0.435. The number of nitrogens with two attached hydrogens (primary N) is 3. The molecule has 0 aromatic carbocycles. The van der Waals surface area contributed by atoms with E-state index in [9.17, 15) is 4.79 Å². The average Bonchev–Trinajstić information content (AvgIpc) is 2.58. The molecule has 0 aromatic heterocycles. The van der Waals surface area contributed by atoms with Crippen LogP contribution in [0.5, 0.6) is 0 Å². The van der Waals surface area contributed by atoms with Gasteiger partial charge in [-0.25, -0.2) is 0 Å². The number of aliphatic carboxylic acids is 1. The highest BCUT2D eigenvalue weighted by Gasteiger charge is 2.24. The molecule has 1 aliphatic carbocycles. The van der Waals surface area contributed by atoms with Crippen molar-refractivity contribution in [3.8, 4) is 0 Å². The Balaban J connectivity index is 0.000000422. The summed E-state index contributed by atoms with van der Waals surface area (Å²) in [6, 6.07) is 0. The van der Waals surface area contributed by atoms with Crippen LogP contribution in [0.2, 0.25) is 0 Å². The first kappa shape index (κ1) is 22.4. The number of carboxylic acid groups (broad SMARTS) is 1. The van der Waals surface area contributed by atoms with Gasteiger partial charge in [-0.1, -0.05) is 38.5 Å². The molecular weight excluding hydrogens is 290 g/mol. The maximum Gasteiger partial charge on any atom is 0.306 e. The predicted octanol–water partition coefficient (Wildman–Crippen LogP) is 2.86. The first-order valence-corrected chi connectivity index (χ1v) is 9.48. The lowest BCUT2D eigenvalue weighted by Crippen LogP contribution is -2.25. The summed E-state index contributed by atoms with van der Waals surface area (Å²) < 4.78 is 0. The van der Waals surface area contributed by atoms with E-state index in [0.717, 1.165) is 38.8 Å². The number of unbranched alkanes of at least 4 members (excludes halogenated alkanes) is 7. The van der Waals surface area contributed by atoms with Gasteiger partial charge in [0.05, 0.1) is 5.92 Å². The molecule has 0 saturated heterocycles. The Hall–Kier alpha value is -0.650. The van der Waals surface area contributed by atoms with Crippen LogP contribution in [0.4, 0.5) is 0 Å². The summed E-state index contributed by atoms with van der Waals surface area (Å²) in [5.41, 5.74) is 16.3. The maximum atomic E-state index is 10.5. The zero-order chi connectivity index (χ0) is 17.3. The SMILES string of the molecule is NCC1CCC(C(=O)O)CC1.NCCCCCCCCCCN. The average molecular weight is 330 g/mol. The lowest BCUT2D eigenvalue weighted by molar-refractivity contribution is -0.143. The minimum Gasteiger partial charge on any atom is -0.481 e. The fourth-order valence-electron chi connectivity index (χ4n) is 2.99. The van der Waals surface area contributed by atoms with Gasteiger partial charge in [0.15, 0.2) is 0 Å². The number of rotatable bonds is 11. The van der Waals surface area contributed by atoms with Crippen LogP contribution < -0.4 is 17.2 Å². The van der Waals surface area contributed by atoms with Crippen LogP contribution >= 0.6 is 0 Å². The summed E-state index contributed by atoms with van der Waals surface area (Å²) >= 11 is 0. The Kier molecular flexibility index (Phi) is 15.8. The second-order valence-corrected chi connectivity index (χ2v) is 6.70. The lowest BCUT2D eigenvalue weighted by atomic mass is 9.82. The third-order valence-corrected chi connectivity index (χ3v) is 4.69. The maximum absolute atomic E-state index is 10.5. The first-order chi connectivity index (χ1) is 11.2. The Morgan fingerprint density at radius 3 is 1.43 bits per heavy atom. The van der Waals surface area contributed by atoms with Crippen LogP contribution in [-0.4, -0.2) is 30.7 Å². The molecule has 23 heavy (non-hydrogen) atoms. The van der Waals surface area contributed by atoms with Gasteiger partial charge in [0.1, 0.15) is 0 Å². The largest absolute Gasteiger partial charge is 0.481 e. The fraction of sp³-hybridized carbons (Fsp3) is 0.944. The van der Waals surface area contributed by atoms with Crippen LogP contribution in [0.15, 0.2) is 0 Å². The minimum atomic E-state index is -0.638. The minimum absolute atomic E-state index is 0.0993. The summed E-state index contributed by atoms with van der Waals surface area (Å²) in [5, 5.41) is 8.67. The van der Waals surface area contributed by atoms with Crippen LogP contribution in [0, 0.1) is 11.8 Å². The highest BCUT2D eigenvalue weighted by Crippen LogP contribution is 2.27. The van der Waals surface area contributed by atoms with E-state index in [2.05, 4.69) is 0 Å². The lowest BCUT2D eigenvalue weighted by Gasteiger charge is -2.24. The molecule has 0 aromatic rings. The molecular formula is C18H39N3O2. The molecule has 0 amide bonds. The normalized spacial score (nSPS) is 20.7. The van der Waals surface area contributed by atoms with Crippen molar-refractivity contribution in [3.63, 3.8) is 0 Å². The van der Waals surface area contributed by atoms with E-state index in [4.69, 9.17) is 22.3 Å². The number of carboxylic acids is 1. The zero-order valence-electron chi connectivity index (χ0n) is 14.8. The highest BCUT2D eigenvalue weighted by molar-refractivity contribution is 5.69. The molecule has 0 atom stereocenters. The Labute approximate surface area is 142 Å². The molecule has 0 heterocycles. The standard InChI is InChI=1S/C10H24N2.C8H15NO2/c11-9-7-5-3-1-2-4-6-8-10-12;9-5-6-1-3-7(4-2-6)8(10)11/h1-12H2;6-7H,1-5,9H2,(H,10,11). The van der Waals surface area contributed by atoms with Crippen molar-refractivity contribution in [1.82, 2.24) is 0 Å². The van der Waals surface area contributed by atoms with Crippen LogP contribution in [0.1, 0.15) is 77.0 Å². The molecule has 5 nitrogen and oxygen atoms in total. The summed E-state index contributed by atoms with van der Waals surface area (Å²) in [6.45, 7) is 2.42. The van der Waals surface area contributed by atoms with Gasteiger partial charge in [0.2, 0.25) is 0 Å². The molecule has 0 bridgehead atoms. The number of hydrogen-bond donors (Lipinski definition) is 4. The number of hydrogen-bond acceptors (Lipinski definition) is 4. The number of carbonyl (C=O) groups is 1. The molecule has 1 fully saturated rings. The summed E-state index contributed by atoms with van der Waals surface area (Å²) in [5.74, 6) is -0.163. The first-order valence-electron chi connectivity index (χ1n) is 9.48. The van der Waals surface area contributed by atoms with Crippen LogP contribution in [0.25, 0.3) is 0 Å². The third kappa shape index (κ3) is 13.5. The Bertz CT molecular complexity index is 257. The third-order valence-electron chi connectivity index (χ3n) is 4.69. The van der Waals surface area contributed by atoms with E-state index in [-0.39, 0.29) is 5.92 Å². The molecule has 7 N–H and O–H groups in total. The van der Waals surface area contributed by atoms with Gasteiger partial charge in [-0.15, -0.1) is 0 Å². The zero-order valence-corrected chi connectivity index (χ0v) is 14.8. The van der Waals surface area contributed by atoms with E-state index in [1.54, 1.807) is 0 Å². The predicted molar refractivity (Wildman–Crippen MR) is 97.2 cm³/mol. The molecule has 0 spiro atoms. The molecule has 5 heteroatoms. The molecule has 0 aliphatic heterocycles. The van der Waals surface area contributed by atoms with E-state index >= 15 is 0 Å². The second kappa shape index (κ2) is 16.2. The van der Waals surface area contributed by atoms with Crippen molar-refractivity contribution in [1.29, 1.82) is 0 Å². The Morgan fingerprint density at radius 1 is 0.739 bits per heavy atom. The molecule has 0 radical (unpaired) electrons. The van der Waals surface area contributed by atoms with Crippen LogP contribution in [-0.2, 0) is 4.79 Å². The van der Waals surface area contributed by atoms with E-state index in [0.29, 0.717) is 12.5 Å². The van der Waals surface area contributed by atoms with Gasteiger partial charge in [0, 0.05) is 0 Å². The van der Waals surface area contributed by atoms with Crippen molar-refractivity contribution in [2.24, 2.45) is 29.0 Å². The summed E-state index contributed by atoms with van der Waals surface area (Å²) in [6.07, 6.45) is 14.1. The van der Waals surface area contributed by atoms with Gasteiger partial charge < -0.3 is 22.3 Å². The Morgan fingerprint density at radius 2 is 1.13 bits per heavy atom. The van der Waals surface area contributed by atoms with Crippen molar-refractivity contribution >= 4 is 5.97 Å². The van der Waals surface area contributed by atoms with Crippen molar-refractivity contribution in [2.75, 3.05) is 19.6 Å². The molecule has 1 saturated carbocycles.